The van der Waals surface area contributed by atoms with E-state index >= 15 is 0 Å². The maximum Gasteiger partial charge on any atom is 0.252 e. The summed E-state index contributed by atoms with van der Waals surface area (Å²) in [6.45, 7) is 5.92. The Labute approximate surface area is 171 Å². The molecule has 29 heavy (non-hydrogen) atoms. The zero-order chi connectivity index (χ0) is 21.0. The molecule has 1 fully saturated rings. The van der Waals surface area contributed by atoms with Crippen molar-refractivity contribution in [1.29, 1.82) is 0 Å². The minimum Gasteiger partial charge on any atom is -0.347 e. The van der Waals surface area contributed by atoms with Gasteiger partial charge in [0.1, 0.15) is 0 Å². The highest BCUT2D eigenvalue weighted by Gasteiger charge is 2.54. The van der Waals surface area contributed by atoms with E-state index in [4.69, 9.17) is 0 Å². The fraction of sp³-hybridized carbons (Fsp3) is 0.364. The van der Waals surface area contributed by atoms with Crippen LogP contribution >= 0.6 is 0 Å². The summed E-state index contributed by atoms with van der Waals surface area (Å²) in [5, 5.41) is 2.88. The Hall–Kier alpha value is -2.51. The highest BCUT2D eigenvalue weighted by atomic mass is 32.2. The molecule has 0 unspecified atom stereocenters. The number of nitrogens with one attached hydrogen (secondary N) is 1. The quantitative estimate of drug-likeness (QED) is 0.840. The summed E-state index contributed by atoms with van der Waals surface area (Å²) in [7, 11) is -3.78. The number of Topliss-reactive ketones (excluding diaryl/α,β-unsaturated/α-hetero) is 1. The van der Waals surface area contributed by atoms with Crippen LogP contribution in [0.5, 0.6) is 0 Å². The van der Waals surface area contributed by atoms with Gasteiger partial charge in [0, 0.05) is 18.7 Å². The van der Waals surface area contributed by atoms with Gasteiger partial charge in [-0.15, -0.1) is 0 Å². The van der Waals surface area contributed by atoms with E-state index < -0.39 is 21.5 Å². The van der Waals surface area contributed by atoms with Gasteiger partial charge < -0.3 is 5.32 Å². The molecule has 0 radical (unpaired) electrons. The number of amides is 1. The second kappa shape index (κ2) is 6.78. The van der Waals surface area contributed by atoms with E-state index in [1.165, 1.54) is 4.31 Å². The van der Waals surface area contributed by atoms with Crippen molar-refractivity contribution in [2.24, 2.45) is 5.41 Å². The second-order valence-corrected chi connectivity index (χ2v) is 10.3. The van der Waals surface area contributed by atoms with E-state index in [1.807, 2.05) is 26.0 Å². The molecule has 0 spiro atoms. The molecule has 0 aromatic heterocycles. The maximum absolute atomic E-state index is 13.3. The number of ketones is 1. The Kier molecular flexibility index (Phi) is 4.63. The summed E-state index contributed by atoms with van der Waals surface area (Å²) < 4.78 is 27.8. The zero-order valence-corrected chi connectivity index (χ0v) is 17.5. The van der Waals surface area contributed by atoms with Gasteiger partial charge in [-0.05, 0) is 36.6 Å². The van der Waals surface area contributed by atoms with Gasteiger partial charge in [-0.25, -0.2) is 8.42 Å². The number of carbonyl (C=O) groups excluding carboxylic acids is 2. The first-order valence-electron chi connectivity index (χ1n) is 9.69. The molecule has 2 aliphatic heterocycles. The highest BCUT2D eigenvalue weighted by Crippen LogP contribution is 2.39. The van der Waals surface area contributed by atoms with Crippen LogP contribution in [-0.4, -0.2) is 43.5 Å². The van der Waals surface area contributed by atoms with Crippen LogP contribution in [0.3, 0.4) is 0 Å². The smallest absolute Gasteiger partial charge is 0.252 e. The van der Waals surface area contributed by atoms with Crippen LogP contribution in [0.15, 0.2) is 53.4 Å². The normalized spacial score (nSPS) is 24.8. The van der Waals surface area contributed by atoms with E-state index in [-0.39, 0.29) is 29.7 Å². The van der Waals surface area contributed by atoms with E-state index in [0.29, 0.717) is 17.0 Å². The van der Waals surface area contributed by atoms with Gasteiger partial charge in [0.15, 0.2) is 5.78 Å². The minimum absolute atomic E-state index is 0.0272. The second-order valence-electron chi connectivity index (χ2n) is 8.34. The predicted octanol–water partition coefficient (Wildman–Crippen LogP) is 2.82. The average Bonchev–Trinajstić information content (AvgIpc) is 3.02. The van der Waals surface area contributed by atoms with Crippen molar-refractivity contribution in [3.8, 4) is 0 Å². The minimum atomic E-state index is -3.78. The van der Waals surface area contributed by atoms with Gasteiger partial charge >= 0.3 is 0 Å². The van der Waals surface area contributed by atoms with Crippen LogP contribution in [-0.2, 0) is 10.0 Å². The monoisotopic (exact) mass is 412 g/mol. The van der Waals surface area contributed by atoms with E-state index in [2.05, 4.69) is 5.32 Å². The van der Waals surface area contributed by atoms with E-state index in [9.17, 15) is 18.0 Å². The van der Waals surface area contributed by atoms with Gasteiger partial charge in [-0.1, -0.05) is 44.2 Å². The lowest BCUT2D eigenvalue weighted by Gasteiger charge is -2.26. The Morgan fingerprint density at radius 3 is 2.28 bits per heavy atom. The number of sulfonamides is 1. The third-order valence-electron chi connectivity index (χ3n) is 6.09. The number of benzene rings is 2. The molecule has 2 atom stereocenters. The molecule has 0 bridgehead atoms. The lowest BCUT2D eigenvalue weighted by Crippen LogP contribution is -2.47. The summed E-state index contributed by atoms with van der Waals surface area (Å²) in [5.74, 6) is -0.246. The molecule has 7 heteroatoms. The van der Waals surface area contributed by atoms with Crippen LogP contribution in [0.4, 0.5) is 0 Å². The van der Waals surface area contributed by atoms with Gasteiger partial charge in [-0.2, -0.15) is 4.31 Å². The largest absolute Gasteiger partial charge is 0.347 e. The van der Waals surface area contributed by atoms with Crippen molar-refractivity contribution in [2.45, 2.75) is 37.6 Å². The molecule has 2 aromatic carbocycles. The van der Waals surface area contributed by atoms with Gasteiger partial charge in [0.25, 0.3) is 5.91 Å². The van der Waals surface area contributed by atoms with Crippen molar-refractivity contribution in [3.05, 3.63) is 65.2 Å². The van der Waals surface area contributed by atoms with Crippen LogP contribution in [0, 0.1) is 5.41 Å². The van der Waals surface area contributed by atoms with Crippen LogP contribution in [0.2, 0.25) is 0 Å². The summed E-state index contributed by atoms with van der Waals surface area (Å²) >= 11 is 0. The first kappa shape index (κ1) is 19.8. The van der Waals surface area contributed by atoms with Gasteiger partial charge in [0.05, 0.1) is 21.9 Å². The van der Waals surface area contributed by atoms with Gasteiger partial charge in [-0.3, -0.25) is 9.59 Å². The Morgan fingerprint density at radius 1 is 1.03 bits per heavy atom. The Bertz CT molecular complexity index is 1090. The van der Waals surface area contributed by atoms with Crippen molar-refractivity contribution >= 4 is 21.7 Å². The summed E-state index contributed by atoms with van der Waals surface area (Å²) in [6.07, 6.45) is 0. The Morgan fingerprint density at radius 2 is 1.66 bits per heavy atom. The summed E-state index contributed by atoms with van der Waals surface area (Å²) in [6, 6.07) is 12.9. The number of rotatable bonds is 3. The molecule has 1 amide bonds. The lowest BCUT2D eigenvalue weighted by atomic mass is 9.78. The maximum atomic E-state index is 13.3. The third kappa shape index (κ3) is 3.09. The molecule has 6 nitrogen and oxygen atoms in total. The molecule has 0 aliphatic carbocycles. The number of fused-ring (bicyclic) bond motifs is 2. The summed E-state index contributed by atoms with van der Waals surface area (Å²) in [4.78, 5) is 26.1. The fourth-order valence-electron chi connectivity index (χ4n) is 4.16. The third-order valence-corrected chi connectivity index (χ3v) is 7.91. The SMILES string of the molecule is CC(C)c1ccc(S(=O)(=O)N2C[C@H]3NC(=O)c4ccccc4C(=O)[C@@]3(C)C2)cc1. The molecule has 2 aliphatic rings. The number of hydrogen-bond acceptors (Lipinski definition) is 4. The number of nitrogens with zero attached hydrogens (tertiary/aromatic N) is 1. The highest BCUT2D eigenvalue weighted by molar-refractivity contribution is 7.89. The summed E-state index contributed by atoms with van der Waals surface area (Å²) in [5.41, 5.74) is 0.719. The Balaban J connectivity index is 1.69. The average molecular weight is 413 g/mol. The molecule has 4 rings (SSSR count). The molecular weight excluding hydrogens is 388 g/mol. The van der Waals surface area contributed by atoms with Crippen LogP contribution in [0.1, 0.15) is 53.0 Å². The fourth-order valence-corrected chi connectivity index (χ4v) is 5.72. The first-order chi connectivity index (χ1) is 13.6. The molecule has 2 heterocycles. The van der Waals surface area contributed by atoms with E-state index in [0.717, 1.165) is 5.56 Å². The zero-order valence-electron chi connectivity index (χ0n) is 16.7. The van der Waals surface area contributed by atoms with Crippen molar-refractivity contribution in [1.82, 2.24) is 9.62 Å². The lowest BCUT2D eigenvalue weighted by molar-refractivity contribution is 0.0796. The number of hydrogen-bond donors (Lipinski definition) is 1. The topological polar surface area (TPSA) is 83.6 Å². The standard InChI is InChI=1S/C22H24N2O4S/c1-14(2)15-8-10-16(11-9-15)29(27,28)24-12-19-22(3,13-24)20(25)17-6-4-5-7-18(17)21(26)23-19/h4-11,14,19H,12-13H2,1-3H3,(H,23,26)/t19-,22+/m1/s1. The number of carbonyl (C=O) groups is 2. The van der Waals surface area contributed by atoms with Crippen molar-refractivity contribution < 1.29 is 18.0 Å². The van der Waals surface area contributed by atoms with Crippen LogP contribution in [0.25, 0.3) is 0 Å². The molecule has 0 saturated carbocycles. The van der Waals surface area contributed by atoms with Crippen LogP contribution < -0.4 is 5.32 Å². The van der Waals surface area contributed by atoms with Gasteiger partial charge in [0.2, 0.25) is 10.0 Å². The molecule has 1 saturated heterocycles. The molecular formula is C22H24N2O4S. The predicted molar refractivity (Wildman–Crippen MR) is 109 cm³/mol. The molecule has 1 N–H and O–H groups in total. The molecule has 152 valence electrons. The van der Waals surface area contributed by atoms with E-state index in [1.54, 1.807) is 43.3 Å². The first-order valence-corrected chi connectivity index (χ1v) is 11.1. The van der Waals surface area contributed by atoms with Crippen molar-refractivity contribution in [2.75, 3.05) is 13.1 Å². The van der Waals surface area contributed by atoms with Crippen molar-refractivity contribution in [3.63, 3.8) is 0 Å². The molecule has 2 aromatic rings.